The van der Waals surface area contributed by atoms with Crippen LogP contribution in [-0.4, -0.2) is 9.97 Å². The summed E-state index contributed by atoms with van der Waals surface area (Å²) in [6.45, 7) is 0.549. The first kappa shape index (κ1) is 18.8. The molecule has 4 nitrogen and oxygen atoms in total. The van der Waals surface area contributed by atoms with E-state index >= 15 is 0 Å². The van der Waals surface area contributed by atoms with Crippen LogP contribution in [0.15, 0.2) is 66.7 Å². The lowest BCUT2D eigenvalue weighted by Crippen LogP contribution is -2.06. The van der Waals surface area contributed by atoms with E-state index in [1.54, 1.807) is 12.1 Å². The second kappa shape index (κ2) is 8.23. The molecule has 1 heterocycles. The van der Waals surface area contributed by atoms with Crippen LogP contribution >= 0.6 is 34.8 Å². The fourth-order valence-corrected chi connectivity index (χ4v) is 3.29. The number of fused-ring (bicyclic) bond motifs is 1. The predicted molar refractivity (Wildman–Crippen MR) is 118 cm³/mol. The number of hydrogen-bond donors (Lipinski definition) is 2. The average Bonchev–Trinajstić information content (AvgIpc) is 2.70. The van der Waals surface area contributed by atoms with Crippen molar-refractivity contribution in [3.63, 3.8) is 0 Å². The molecule has 7 heteroatoms. The number of aromatic nitrogens is 2. The van der Waals surface area contributed by atoms with E-state index in [4.69, 9.17) is 34.8 Å². The molecule has 0 atom stereocenters. The van der Waals surface area contributed by atoms with Crippen molar-refractivity contribution >= 4 is 63.2 Å². The summed E-state index contributed by atoms with van der Waals surface area (Å²) in [6.07, 6.45) is 0. The number of anilines is 3. The Morgan fingerprint density at radius 1 is 0.750 bits per heavy atom. The topological polar surface area (TPSA) is 49.8 Å². The average molecular weight is 430 g/mol. The van der Waals surface area contributed by atoms with Crippen LogP contribution in [0.5, 0.6) is 0 Å². The van der Waals surface area contributed by atoms with Gasteiger partial charge in [0.15, 0.2) is 0 Å². The third-order valence-electron chi connectivity index (χ3n) is 4.18. The van der Waals surface area contributed by atoms with Crippen molar-refractivity contribution in [2.45, 2.75) is 6.54 Å². The lowest BCUT2D eigenvalue weighted by molar-refractivity contribution is 1.10. The fourth-order valence-electron chi connectivity index (χ4n) is 2.79. The largest absolute Gasteiger partial charge is 0.365 e. The summed E-state index contributed by atoms with van der Waals surface area (Å²) in [4.78, 5) is 9.23. The van der Waals surface area contributed by atoms with Crippen LogP contribution in [-0.2, 0) is 6.54 Å². The molecule has 0 radical (unpaired) electrons. The van der Waals surface area contributed by atoms with E-state index in [1.807, 2.05) is 54.6 Å². The molecule has 0 saturated heterocycles. The molecule has 4 aromatic rings. The maximum Gasteiger partial charge on any atom is 0.229 e. The quantitative estimate of drug-likeness (QED) is 0.360. The molecular formula is C21H15Cl3N4. The van der Waals surface area contributed by atoms with Gasteiger partial charge in [0.2, 0.25) is 5.95 Å². The second-order valence-corrected chi connectivity index (χ2v) is 7.33. The Labute approximate surface area is 177 Å². The summed E-state index contributed by atoms with van der Waals surface area (Å²) in [5.41, 5.74) is 2.56. The Bertz CT molecular complexity index is 1150. The molecular weight excluding hydrogens is 415 g/mol. The molecule has 0 amide bonds. The second-order valence-electron chi connectivity index (χ2n) is 6.11. The van der Waals surface area contributed by atoms with Gasteiger partial charge >= 0.3 is 0 Å². The zero-order valence-corrected chi connectivity index (χ0v) is 16.9. The zero-order valence-electron chi connectivity index (χ0n) is 14.6. The minimum Gasteiger partial charge on any atom is -0.365 e. The van der Waals surface area contributed by atoms with Crippen LogP contribution in [0.4, 0.5) is 17.5 Å². The van der Waals surface area contributed by atoms with Crippen LogP contribution in [0.2, 0.25) is 15.1 Å². The number of halogens is 3. The van der Waals surface area contributed by atoms with E-state index in [1.165, 1.54) is 0 Å². The monoisotopic (exact) mass is 428 g/mol. The van der Waals surface area contributed by atoms with Crippen molar-refractivity contribution in [2.75, 3.05) is 10.6 Å². The number of hydrogen-bond acceptors (Lipinski definition) is 4. The Balaban J connectivity index is 1.66. The van der Waals surface area contributed by atoms with E-state index in [2.05, 4.69) is 20.6 Å². The minimum atomic E-state index is 0.457. The summed E-state index contributed by atoms with van der Waals surface area (Å²) < 4.78 is 0. The molecule has 3 aromatic carbocycles. The highest BCUT2D eigenvalue weighted by Crippen LogP contribution is 2.28. The van der Waals surface area contributed by atoms with Crippen molar-refractivity contribution in [1.29, 1.82) is 0 Å². The van der Waals surface area contributed by atoms with Crippen molar-refractivity contribution in [2.24, 2.45) is 0 Å². The number of para-hydroxylation sites is 1. The first-order chi connectivity index (χ1) is 13.6. The maximum atomic E-state index is 6.27. The SMILES string of the molecule is Clc1ccc(Nc2nc(NCc3ccccc3Cl)c3ccccc3n2)cc1Cl. The number of benzene rings is 3. The van der Waals surface area contributed by atoms with Gasteiger partial charge in [0, 0.05) is 22.6 Å². The highest BCUT2D eigenvalue weighted by Gasteiger charge is 2.09. The molecule has 0 bridgehead atoms. The van der Waals surface area contributed by atoms with Crippen LogP contribution < -0.4 is 10.6 Å². The number of nitrogens with zero attached hydrogens (tertiary/aromatic N) is 2. The molecule has 0 spiro atoms. The van der Waals surface area contributed by atoms with Gasteiger partial charge < -0.3 is 10.6 Å². The first-order valence-electron chi connectivity index (χ1n) is 8.56. The molecule has 0 aliphatic heterocycles. The Morgan fingerprint density at radius 3 is 2.36 bits per heavy atom. The summed E-state index contributed by atoms with van der Waals surface area (Å²) in [7, 11) is 0. The molecule has 28 heavy (non-hydrogen) atoms. The summed E-state index contributed by atoms with van der Waals surface area (Å²) in [5, 5.41) is 9.14. The first-order valence-corrected chi connectivity index (χ1v) is 9.70. The third-order valence-corrected chi connectivity index (χ3v) is 5.29. The van der Waals surface area contributed by atoms with E-state index in [9.17, 15) is 0 Å². The Morgan fingerprint density at radius 2 is 1.54 bits per heavy atom. The maximum absolute atomic E-state index is 6.27. The molecule has 2 N–H and O–H groups in total. The Kier molecular flexibility index (Phi) is 5.53. The lowest BCUT2D eigenvalue weighted by atomic mass is 10.2. The fraction of sp³-hybridized carbons (Fsp3) is 0.0476. The third kappa shape index (κ3) is 4.14. The van der Waals surface area contributed by atoms with E-state index in [0.717, 1.165) is 22.2 Å². The molecule has 0 unspecified atom stereocenters. The van der Waals surface area contributed by atoms with Gasteiger partial charge in [-0.25, -0.2) is 4.98 Å². The van der Waals surface area contributed by atoms with Crippen molar-refractivity contribution < 1.29 is 0 Å². The number of nitrogens with one attached hydrogen (secondary N) is 2. The molecule has 140 valence electrons. The highest BCUT2D eigenvalue weighted by atomic mass is 35.5. The van der Waals surface area contributed by atoms with Crippen LogP contribution in [0, 0.1) is 0 Å². The van der Waals surface area contributed by atoms with Gasteiger partial charge in [-0.1, -0.05) is 65.1 Å². The molecule has 0 aliphatic carbocycles. The summed E-state index contributed by atoms with van der Waals surface area (Å²) in [5.74, 6) is 1.17. The minimum absolute atomic E-state index is 0.457. The van der Waals surface area contributed by atoms with Gasteiger partial charge in [0.1, 0.15) is 5.82 Å². The zero-order chi connectivity index (χ0) is 19.5. The van der Waals surface area contributed by atoms with E-state index in [-0.39, 0.29) is 0 Å². The van der Waals surface area contributed by atoms with E-state index < -0.39 is 0 Å². The number of rotatable bonds is 5. The molecule has 0 fully saturated rings. The molecule has 4 rings (SSSR count). The van der Waals surface area contributed by atoms with Crippen molar-refractivity contribution in [1.82, 2.24) is 9.97 Å². The normalized spacial score (nSPS) is 10.8. The van der Waals surface area contributed by atoms with E-state index in [0.29, 0.717) is 33.4 Å². The summed E-state index contributed by atoms with van der Waals surface area (Å²) >= 11 is 18.4. The van der Waals surface area contributed by atoms with Crippen molar-refractivity contribution in [3.05, 3.63) is 87.4 Å². The van der Waals surface area contributed by atoms with Crippen LogP contribution in [0.1, 0.15) is 5.56 Å². The molecule has 0 aliphatic rings. The Hall–Kier alpha value is -2.53. The predicted octanol–water partition coefficient (Wildman–Crippen LogP) is 6.95. The molecule has 1 aromatic heterocycles. The highest BCUT2D eigenvalue weighted by molar-refractivity contribution is 6.42. The summed E-state index contributed by atoms with van der Waals surface area (Å²) in [6, 6.07) is 20.8. The van der Waals surface area contributed by atoms with Gasteiger partial charge in [-0.3, -0.25) is 0 Å². The lowest BCUT2D eigenvalue weighted by Gasteiger charge is -2.13. The van der Waals surface area contributed by atoms with Crippen molar-refractivity contribution in [3.8, 4) is 0 Å². The standard InChI is InChI=1S/C21H15Cl3N4/c22-16-7-3-1-5-13(16)12-25-20-15-6-2-4-8-19(15)27-21(28-20)26-14-9-10-17(23)18(24)11-14/h1-11H,12H2,(H2,25,26,27,28). The van der Waals surface area contributed by atoms with Gasteiger partial charge in [0.25, 0.3) is 0 Å². The van der Waals surface area contributed by atoms with Gasteiger partial charge in [-0.2, -0.15) is 4.98 Å². The smallest absolute Gasteiger partial charge is 0.229 e. The van der Waals surface area contributed by atoms with Gasteiger partial charge in [-0.15, -0.1) is 0 Å². The van der Waals surface area contributed by atoms with Crippen LogP contribution in [0.25, 0.3) is 10.9 Å². The molecule has 0 saturated carbocycles. The van der Waals surface area contributed by atoms with Gasteiger partial charge in [-0.05, 0) is 42.0 Å². The van der Waals surface area contributed by atoms with Crippen LogP contribution in [0.3, 0.4) is 0 Å². The van der Waals surface area contributed by atoms with Gasteiger partial charge in [0.05, 0.1) is 15.6 Å².